The average Bonchev–Trinajstić information content (AvgIpc) is 3.20. The molecule has 0 amide bonds. The second kappa shape index (κ2) is 7.32. The fourth-order valence-corrected chi connectivity index (χ4v) is 3.16. The van der Waals surface area contributed by atoms with Crippen molar-refractivity contribution >= 4 is 11.4 Å². The molecule has 1 heterocycles. The first-order chi connectivity index (χ1) is 12.8. The van der Waals surface area contributed by atoms with Crippen LogP contribution in [0.1, 0.15) is 23.1 Å². The molecule has 0 bridgehead atoms. The van der Waals surface area contributed by atoms with Gasteiger partial charge in [-0.3, -0.25) is 0 Å². The number of nitrogens with zero attached hydrogens (tertiary/aromatic N) is 2. The number of allylic oxidation sites excluding steroid dienone is 1. The first kappa shape index (κ1) is 16.2. The summed E-state index contributed by atoms with van der Waals surface area (Å²) < 4.78 is 0. The van der Waals surface area contributed by atoms with Crippen molar-refractivity contribution < 1.29 is 0 Å². The van der Waals surface area contributed by atoms with Gasteiger partial charge in [-0.1, -0.05) is 84.9 Å². The summed E-state index contributed by atoms with van der Waals surface area (Å²) in [5.41, 5.74) is 8.02. The molecule has 0 saturated heterocycles. The largest absolute Gasteiger partial charge is 0.154 e. The molecule has 0 radical (unpaired) electrons. The zero-order valence-electron chi connectivity index (χ0n) is 14.6. The minimum Gasteiger partial charge on any atom is -0.154 e. The van der Waals surface area contributed by atoms with Gasteiger partial charge in [0.05, 0.1) is 11.4 Å². The molecule has 0 N–H and O–H groups in total. The zero-order chi connectivity index (χ0) is 17.8. The van der Waals surface area contributed by atoms with Gasteiger partial charge in [0.15, 0.2) is 0 Å². The summed E-state index contributed by atoms with van der Waals surface area (Å²) in [5.74, 6) is 0. The Morgan fingerprint density at radius 3 is 1.73 bits per heavy atom. The summed E-state index contributed by atoms with van der Waals surface area (Å²) in [6.07, 6.45) is 3.58. The minimum absolute atomic E-state index is 0.769. The topological polar surface area (TPSA) is 24.7 Å². The third kappa shape index (κ3) is 3.40. The Morgan fingerprint density at radius 2 is 1.15 bits per heavy atom. The summed E-state index contributed by atoms with van der Waals surface area (Å²) in [4.78, 5) is 0. The van der Waals surface area contributed by atoms with Gasteiger partial charge in [0.1, 0.15) is 0 Å². The van der Waals surface area contributed by atoms with Crippen LogP contribution in [0.15, 0.2) is 102 Å². The van der Waals surface area contributed by atoms with Crippen molar-refractivity contribution in [3.8, 4) is 11.1 Å². The number of benzene rings is 3. The van der Waals surface area contributed by atoms with Crippen molar-refractivity contribution in [1.82, 2.24) is 0 Å². The second-order valence-electron chi connectivity index (χ2n) is 6.40. The summed E-state index contributed by atoms with van der Waals surface area (Å²) in [6, 6.07) is 27.5. The van der Waals surface area contributed by atoms with Crippen molar-refractivity contribution in [2.24, 2.45) is 10.2 Å². The highest BCUT2D eigenvalue weighted by Crippen LogP contribution is 2.22. The quantitative estimate of drug-likeness (QED) is 0.536. The predicted octanol–water partition coefficient (Wildman–Crippen LogP) is 5.68. The normalized spacial score (nSPS) is 13.2. The maximum Gasteiger partial charge on any atom is 0.0763 e. The first-order valence-electron chi connectivity index (χ1n) is 8.83. The van der Waals surface area contributed by atoms with Gasteiger partial charge in [-0.05, 0) is 34.2 Å². The summed E-state index contributed by atoms with van der Waals surface area (Å²) in [7, 11) is 0. The van der Waals surface area contributed by atoms with E-state index < -0.39 is 0 Å². The molecule has 0 saturated carbocycles. The Morgan fingerprint density at radius 1 is 0.654 bits per heavy atom. The molecule has 0 atom stereocenters. The lowest BCUT2D eigenvalue weighted by atomic mass is 9.98. The molecule has 4 rings (SSSR count). The van der Waals surface area contributed by atoms with E-state index >= 15 is 0 Å². The van der Waals surface area contributed by atoms with E-state index in [4.69, 9.17) is 0 Å². The fourth-order valence-electron chi connectivity index (χ4n) is 3.16. The highest BCUT2D eigenvalue weighted by Gasteiger charge is 2.16. The van der Waals surface area contributed by atoms with E-state index in [0.717, 1.165) is 35.4 Å². The van der Waals surface area contributed by atoms with Crippen molar-refractivity contribution in [3.05, 3.63) is 108 Å². The lowest BCUT2D eigenvalue weighted by Crippen LogP contribution is -2.05. The van der Waals surface area contributed by atoms with E-state index in [2.05, 4.69) is 89.6 Å². The SMILES string of the molecule is C=CCc1ccc(C2=NN=C(c3ccc(-c4ccccc4)cc3)C2)cc1. The van der Waals surface area contributed by atoms with Crippen LogP contribution < -0.4 is 0 Å². The van der Waals surface area contributed by atoms with Gasteiger partial charge in [-0.25, -0.2) is 0 Å². The first-order valence-corrected chi connectivity index (χ1v) is 8.83. The van der Waals surface area contributed by atoms with E-state index in [-0.39, 0.29) is 0 Å². The molecule has 2 nitrogen and oxygen atoms in total. The number of rotatable bonds is 5. The van der Waals surface area contributed by atoms with E-state index in [9.17, 15) is 0 Å². The van der Waals surface area contributed by atoms with E-state index in [0.29, 0.717) is 0 Å². The van der Waals surface area contributed by atoms with Gasteiger partial charge in [-0.2, -0.15) is 10.2 Å². The molecule has 1 aliphatic heterocycles. The van der Waals surface area contributed by atoms with Crippen molar-refractivity contribution in [3.63, 3.8) is 0 Å². The van der Waals surface area contributed by atoms with Gasteiger partial charge in [0.2, 0.25) is 0 Å². The maximum absolute atomic E-state index is 4.41. The van der Waals surface area contributed by atoms with Crippen LogP contribution in [0.2, 0.25) is 0 Å². The molecule has 0 fully saturated rings. The summed E-state index contributed by atoms with van der Waals surface area (Å²) in [6.45, 7) is 3.78. The highest BCUT2D eigenvalue weighted by molar-refractivity contribution is 6.20. The summed E-state index contributed by atoms with van der Waals surface area (Å²) in [5, 5.41) is 8.82. The van der Waals surface area contributed by atoms with Crippen molar-refractivity contribution in [2.75, 3.05) is 0 Å². The van der Waals surface area contributed by atoms with Gasteiger partial charge < -0.3 is 0 Å². The molecule has 3 aromatic carbocycles. The van der Waals surface area contributed by atoms with Crippen LogP contribution in [0.25, 0.3) is 11.1 Å². The maximum atomic E-state index is 4.41. The minimum atomic E-state index is 0.769. The van der Waals surface area contributed by atoms with Gasteiger partial charge in [0, 0.05) is 6.42 Å². The number of hydrogen-bond donors (Lipinski definition) is 0. The van der Waals surface area contributed by atoms with Crippen molar-refractivity contribution in [2.45, 2.75) is 12.8 Å². The van der Waals surface area contributed by atoms with Gasteiger partial charge in [-0.15, -0.1) is 6.58 Å². The zero-order valence-corrected chi connectivity index (χ0v) is 14.6. The molecule has 2 heteroatoms. The Bertz CT molecular complexity index is 963. The highest BCUT2D eigenvalue weighted by atomic mass is 15.2. The molecule has 0 unspecified atom stereocenters. The van der Waals surface area contributed by atoms with E-state index in [1.165, 1.54) is 16.7 Å². The van der Waals surface area contributed by atoms with Crippen LogP contribution in [0.3, 0.4) is 0 Å². The van der Waals surface area contributed by atoms with Crippen LogP contribution in [-0.4, -0.2) is 11.4 Å². The molecule has 1 aliphatic rings. The molecule has 26 heavy (non-hydrogen) atoms. The van der Waals surface area contributed by atoms with Crippen molar-refractivity contribution in [1.29, 1.82) is 0 Å². The Kier molecular flexibility index (Phi) is 4.57. The Hall–Kier alpha value is -3.26. The predicted molar refractivity (Wildman–Crippen MR) is 110 cm³/mol. The van der Waals surface area contributed by atoms with Crippen LogP contribution >= 0.6 is 0 Å². The van der Waals surface area contributed by atoms with E-state index in [1.807, 2.05) is 12.1 Å². The molecule has 0 spiro atoms. The standard InChI is InChI=1S/C24H20N2/c1-2-6-18-9-11-21(12-10-18)23-17-24(26-25-23)22-15-13-20(14-16-22)19-7-4-3-5-8-19/h2-5,7-16H,1,6,17H2. The molecule has 0 aliphatic carbocycles. The van der Waals surface area contributed by atoms with Crippen LogP contribution in [0.5, 0.6) is 0 Å². The van der Waals surface area contributed by atoms with Crippen LogP contribution in [0.4, 0.5) is 0 Å². The van der Waals surface area contributed by atoms with Crippen LogP contribution in [0, 0.1) is 0 Å². The molecule has 0 aromatic heterocycles. The van der Waals surface area contributed by atoms with Crippen LogP contribution in [-0.2, 0) is 6.42 Å². The average molecular weight is 336 g/mol. The Balaban J connectivity index is 1.47. The second-order valence-corrected chi connectivity index (χ2v) is 6.40. The number of hydrogen-bond acceptors (Lipinski definition) is 2. The lowest BCUT2D eigenvalue weighted by Gasteiger charge is -2.05. The smallest absolute Gasteiger partial charge is 0.0763 e. The van der Waals surface area contributed by atoms with E-state index in [1.54, 1.807) is 0 Å². The lowest BCUT2D eigenvalue weighted by molar-refractivity contribution is 1.25. The fraction of sp³-hybridized carbons (Fsp3) is 0.0833. The molecule has 3 aromatic rings. The van der Waals surface area contributed by atoms with Gasteiger partial charge in [0.25, 0.3) is 0 Å². The molecular formula is C24H20N2. The summed E-state index contributed by atoms with van der Waals surface area (Å²) >= 11 is 0. The molecular weight excluding hydrogens is 316 g/mol. The third-order valence-corrected chi connectivity index (χ3v) is 4.62. The Labute approximate surface area is 154 Å². The van der Waals surface area contributed by atoms with Gasteiger partial charge >= 0.3 is 0 Å². The monoisotopic (exact) mass is 336 g/mol. The molecule has 126 valence electrons. The third-order valence-electron chi connectivity index (χ3n) is 4.62.